The molecule has 6 nitrogen and oxygen atoms in total. The van der Waals surface area contributed by atoms with Gasteiger partial charge in [-0.05, 0) is 66.9 Å². The second-order valence-corrected chi connectivity index (χ2v) is 10.0. The van der Waals surface area contributed by atoms with Crippen molar-refractivity contribution in [2.45, 2.75) is 33.2 Å². The van der Waals surface area contributed by atoms with Gasteiger partial charge in [-0.1, -0.05) is 54.9 Å². The van der Waals surface area contributed by atoms with Gasteiger partial charge in [0.2, 0.25) is 0 Å². The number of hydrogen-bond donors (Lipinski definition) is 0. The number of rotatable bonds is 8. The van der Waals surface area contributed by atoms with Crippen LogP contribution in [0.3, 0.4) is 0 Å². The normalized spacial score (nSPS) is 12.1. The maximum Gasteiger partial charge on any atom is 0.266 e. The first-order valence-electron chi connectivity index (χ1n) is 12.1. The lowest BCUT2D eigenvalue weighted by Gasteiger charge is -2.33. The van der Waals surface area contributed by atoms with Gasteiger partial charge in [0.1, 0.15) is 11.6 Å². The smallest absolute Gasteiger partial charge is 0.266 e. The quantitative estimate of drug-likeness (QED) is 0.256. The molecule has 36 heavy (non-hydrogen) atoms. The van der Waals surface area contributed by atoms with Crippen LogP contribution in [0.2, 0.25) is 0 Å². The molecule has 0 bridgehead atoms. The summed E-state index contributed by atoms with van der Waals surface area (Å²) >= 11 is 3.48. The molecule has 0 aliphatic rings. The van der Waals surface area contributed by atoms with Gasteiger partial charge in [-0.15, -0.1) is 0 Å². The Bertz CT molecular complexity index is 1430. The Labute approximate surface area is 219 Å². The summed E-state index contributed by atoms with van der Waals surface area (Å²) in [5, 5.41) is 0.528. The zero-order valence-electron chi connectivity index (χ0n) is 20.9. The van der Waals surface area contributed by atoms with E-state index in [0.29, 0.717) is 46.7 Å². The molecule has 7 heteroatoms. The van der Waals surface area contributed by atoms with E-state index in [4.69, 9.17) is 9.72 Å². The Kier molecular flexibility index (Phi) is 7.89. The standard InChI is InChI=1S/C29H30BrN3O3/c1-5-26(32(18-19(2)3)28(34)20-9-8-10-21(30)17-20)27-31-25-12-7-6-11-24(25)29(35)33(27)22-13-15-23(36-4)16-14-22/h6-17,19,26H,5,18H2,1-4H3. The minimum Gasteiger partial charge on any atom is -0.497 e. The predicted octanol–water partition coefficient (Wildman–Crippen LogP) is 6.41. The highest BCUT2D eigenvalue weighted by Crippen LogP contribution is 2.29. The minimum absolute atomic E-state index is 0.0967. The van der Waals surface area contributed by atoms with Crippen molar-refractivity contribution in [2.75, 3.05) is 13.7 Å². The van der Waals surface area contributed by atoms with Gasteiger partial charge in [0.15, 0.2) is 0 Å². The van der Waals surface area contributed by atoms with Crippen molar-refractivity contribution < 1.29 is 9.53 Å². The van der Waals surface area contributed by atoms with Gasteiger partial charge < -0.3 is 9.64 Å². The maximum absolute atomic E-state index is 13.9. The Balaban J connectivity index is 1.95. The summed E-state index contributed by atoms with van der Waals surface area (Å²) in [6, 6.07) is 21.6. The predicted molar refractivity (Wildman–Crippen MR) is 147 cm³/mol. The summed E-state index contributed by atoms with van der Waals surface area (Å²) < 4.78 is 7.79. The fourth-order valence-corrected chi connectivity index (χ4v) is 4.83. The van der Waals surface area contributed by atoms with Gasteiger partial charge in [-0.25, -0.2) is 4.98 Å². The van der Waals surface area contributed by atoms with Gasteiger partial charge in [-0.3, -0.25) is 14.2 Å². The number of ether oxygens (including phenoxy) is 1. The van der Waals surface area contributed by atoms with Crippen molar-refractivity contribution in [3.05, 3.63) is 99.0 Å². The Morgan fingerprint density at radius 2 is 1.78 bits per heavy atom. The van der Waals surface area contributed by atoms with Gasteiger partial charge in [0.05, 0.1) is 29.7 Å². The second kappa shape index (κ2) is 11.1. The van der Waals surface area contributed by atoms with E-state index in [2.05, 4.69) is 29.8 Å². The maximum atomic E-state index is 13.9. The van der Waals surface area contributed by atoms with Crippen LogP contribution in [0.15, 0.2) is 82.1 Å². The Morgan fingerprint density at radius 3 is 2.42 bits per heavy atom. The molecule has 0 N–H and O–H groups in total. The van der Waals surface area contributed by atoms with E-state index in [9.17, 15) is 9.59 Å². The number of nitrogens with zero attached hydrogens (tertiary/aromatic N) is 3. The van der Waals surface area contributed by atoms with E-state index in [1.54, 1.807) is 17.7 Å². The molecule has 0 aliphatic carbocycles. The summed E-state index contributed by atoms with van der Waals surface area (Å²) in [6.07, 6.45) is 0.591. The summed E-state index contributed by atoms with van der Waals surface area (Å²) in [5.74, 6) is 1.35. The lowest BCUT2D eigenvalue weighted by molar-refractivity contribution is 0.0631. The number of halogens is 1. The lowest BCUT2D eigenvalue weighted by atomic mass is 10.1. The van der Waals surface area contributed by atoms with Crippen LogP contribution < -0.4 is 10.3 Å². The highest BCUT2D eigenvalue weighted by atomic mass is 79.9. The molecule has 1 amide bonds. The molecule has 1 unspecified atom stereocenters. The molecule has 0 fully saturated rings. The molecule has 186 valence electrons. The number of carbonyl (C=O) groups excluding carboxylic acids is 1. The highest BCUT2D eigenvalue weighted by molar-refractivity contribution is 9.10. The van der Waals surface area contributed by atoms with E-state index in [1.165, 1.54) is 0 Å². The number of fused-ring (bicyclic) bond motifs is 1. The fourth-order valence-electron chi connectivity index (χ4n) is 4.43. The Morgan fingerprint density at radius 1 is 1.06 bits per heavy atom. The number of methoxy groups -OCH3 is 1. The fraction of sp³-hybridized carbons (Fsp3) is 0.276. The number of amides is 1. The van der Waals surface area contributed by atoms with Crippen molar-refractivity contribution in [1.29, 1.82) is 0 Å². The number of para-hydroxylation sites is 1. The van der Waals surface area contributed by atoms with Crippen LogP contribution in [0.25, 0.3) is 16.6 Å². The SMILES string of the molecule is CCC(c1nc2ccccc2c(=O)n1-c1ccc(OC)cc1)N(CC(C)C)C(=O)c1cccc(Br)c1. The zero-order valence-corrected chi connectivity index (χ0v) is 22.5. The molecule has 3 aromatic carbocycles. The van der Waals surface area contributed by atoms with Gasteiger partial charge in [0.25, 0.3) is 11.5 Å². The zero-order chi connectivity index (χ0) is 25.8. The minimum atomic E-state index is -0.418. The third-order valence-corrected chi connectivity index (χ3v) is 6.58. The van der Waals surface area contributed by atoms with Crippen molar-refractivity contribution in [3.8, 4) is 11.4 Å². The summed E-state index contributed by atoms with van der Waals surface area (Å²) in [7, 11) is 1.61. The van der Waals surface area contributed by atoms with Gasteiger partial charge in [-0.2, -0.15) is 0 Å². The first-order valence-corrected chi connectivity index (χ1v) is 12.9. The molecule has 0 aliphatic heterocycles. The first-order chi connectivity index (χ1) is 17.3. The highest BCUT2D eigenvalue weighted by Gasteiger charge is 2.30. The van der Waals surface area contributed by atoms with Crippen molar-refractivity contribution in [3.63, 3.8) is 0 Å². The third-order valence-electron chi connectivity index (χ3n) is 6.09. The van der Waals surface area contributed by atoms with Crippen molar-refractivity contribution in [1.82, 2.24) is 14.5 Å². The third kappa shape index (κ3) is 5.21. The number of carbonyl (C=O) groups is 1. The van der Waals surface area contributed by atoms with Crippen LogP contribution >= 0.6 is 15.9 Å². The van der Waals surface area contributed by atoms with Crippen LogP contribution in [-0.2, 0) is 0 Å². The topological polar surface area (TPSA) is 64.4 Å². The van der Waals surface area contributed by atoms with Crippen LogP contribution in [0.5, 0.6) is 5.75 Å². The van der Waals surface area contributed by atoms with Gasteiger partial charge >= 0.3 is 0 Å². The molecule has 1 atom stereocenters. The summed E-state index contributed by atoms with van der Waals surface area (Å²) in [5.41, 5.74) is 1.70. The average molecular weight is 548 g/mol. The monoisotopic (exact) mass is 547 g/mol. The van der Waals surface area contributed by atoms with Gasteiger partial charge in [0, 0.05) is 16.6 Å². The Hall–Kier alpha value is -3.45. The first kappa shape index (κ1) is 25.6. The molecule has 0 saturated carbocycles. The molecule has 0 radical (unpaired) electrons. The van der Waals surface area contributed by atoms with E-state index in [1.807, 2.05) is 78.6 Å². The molecule has 1 aromatic heterocycles. The molecular formula is C29H30BrN3O3. The van der Waals surface area contributed by atoms with E-state index in [-0.39, 0.29) is 17.4 Å². The molecule has 4 rings (SSSR count). The molecule has 0 saturated heterocycles. The number of benzene rings is 3. The van der Waals surface area contributed by atoms with Crippen molar-refractivity contribution in [2.24, 2.45) is 5.92 Å². The number of aromatic nitrogens is 2. The van der Waals surface area contributed by atoms with E-state index in [0.717, 1.165) is 4.47 Å². The summed E-state index contributed by atoms with van der Waals surface area (Å²) in [6.45, 7) is 6.71. The van der Waals surface area contributed by atoms with E-state index < -0.39 is 6.04 Å². The summed E-state index contributed by atoms with van der Waals surface area (Å²) in [4.78, 5) is 34.5. The molecule has 0 spiro atoms. The number of hydrogen-bond acceptors (Lipinski definition) is 4. The van der Waals surface area contributed by atoms with Crippen LogP contribution in [0, 0.1) is 5.92 Å². The van der Waals surface area contributed by atoms with Crippen LogP contribution in [0.4, 0.5) is 0 Å². The van der Waals surface area contributed by atoms with Crippen LogP contribution in [-0.4, -0.2) is 34.0 Å². The lowest BCUT2D eigenvalue weighted by Crippen LogP contribution is -2.40. The van der Waals surface area contributed by atoms with E-state index >= 15 is 0 Å². The largest absolute Gasteiger partial charge is 0.497 e. The average Bonchev–Trinajstić information content (AvgIpc) is 2.88. The van der Waals surface area contributed by atoms with Crippen molar-refractivity contribution >= 4 is 32.7 Å². The molecule has 4 aromatic rings. The van der Waals surface area contributed by atoms with Crippen LogP contribution in [0.1, 0.15) is 49.4 Å². The molecule has 1 heterocycles. The molecular weight excluding hydrogens is 518 g/mol. The second-order valence-electron chi connectivity index (χ2n) is 9.11.